The van der Waals surface area contributed by atoms with Gasteiger partial charge in [0.1, 0.15) is 24.3 Å². The van der Waals surface area contributed by atoms with Crippen LogP contribution in [0.15, 0.2) is 18.2 Å². The van der Waals surface area contributed by atoms with E-state index in [0.717, 1.165) is 12.1 Å². The molecule has 1 N–H and O–H groups in total. The molecule has 102 valence electrons. The highest BCUT2D eigenvalue weighted by Gasteiger charge is 2.28. The minimum Gasteiger partial charge on any atom is -0.496 e. The van der Waals surface area contributed by atoms with Gasteiger partial charge in [0.2, 0.25) is 0 Å². The average Bonchev–Trinajstić information content (AvgIpc) is 2.27. The summed E-state index contributed by atoms with van der Waals surface area (Å²) in [5.74, 6) is -0.444. The van der Waals surface area contributed by atoms with Crippen LogP contribution in [0, 0.1) is 5.82 Å². The molecule has 1 unspecified atom stereocenters. The summed E-state index contributed by atoms with van der Waals surface area (Å²) in [5.41, 5.74) is 0.0414. The van der Waals surface area contributed by atoms with E-state index in [2.05, 4.69) is 4.74 Å². The topological polar surface area (TPSA) is 38.7 Å². The molecule has 3 nitrogen and oxygen atoms in total. The lowest BCUT2D eigenvalue weighted by atomic mass is 10.1. The first-order valence-corrected chi connectivity index (χ1v) is 4.99. The summed E-state index contributed by atoms with van der Waals surface area (Å²) in [6.07, 6.45) is -5.86. The molecule has 0 aliphatic carbocycles. The molecule has 0 bridgehead atoms. The van der Waals surface area contributed by atoms with Gasteiger partial charge in [-0.2, -0.15) is 13.2 Å². The second kappa shape index (κ2) is 6.01. The van der Waals surface area contributed by atoms with Crippen molar-refractivity contribution in [2.45, 2.75) is 12.3 Å². The van der Waals surface area contributed by atoms with Crippen molar-refractivity contribution >= 4 is 0 Å². The van der Waals surface area contributed by atoms with Crippen molar-refractivity contribution in [3.63, 3.8) is 0 Å². The lowest BCUT2D eigenvalue weighted by molar-refractivity contribution is -0.179. The lowest BCUT2D eigenvalue weighted by Gasteiger charge is -2.15. The standard InChI is InChI=1S/C11H12F4O3/c1-17-10-3-2-7(12)4-8(10)9(16)5-18-6-11(13,14)15/h2-4,9,16H,5-6H2,1H3. The normalized spacial score (nSPS) is 13.4. The van der Waals surface area contributed by atoms with Gasteiger partial charge in [-0.05, 0) is 18.2 Å². The highest BCUT2D eigenvalue weighted by Crippen LogP contribution is 2.26. The van der Waals surface area contributed by atoms with Gasteiger partial charge < -0.3 is 14.6 Å². The fourth-order valence-electron chi connectivity index (χ4n) is 1.34. The summed E-state index contributed by atoms with van der Waals surface area (Å²) in [6, 6.07) is 3.38. The second-order valence-electron chi connectivity index (χ2n) is 3.53. The van der Waals surface area contributed by atoms with Gasteiger partial charge >= 0.3 is 6.18 Å². The first-order chi connectivity index (χ1) is 8.33. The highest BCUT2D eigenvalue weighted by molar-refractivity contribution is 5.35. The van der Waals surface area contributed by atoms with Crippen molar-refractivity contribution < 1.29 is 32.1 Å². The maximum Gasteiger partial charge on any atom is 0.411 e. The third-order valence-electron chi connectivity index (χ3n) is 2.09. The Kier molecular flexibility index (Phi) is 4.92. The number of ether oxygens (including phenoxy) is 2. The Morgan fingerprint density at radius 2 is 2.00 bits per heavy atom. The minimum absolute atomic E-state index is 0.0414. The van der Waals surface area contributed by atoms with Crippen LogP contribution in [-0.2, 0) is 4.74 Å². The minimum atomic E-state index is -4.47. The molecule has 0 spiro atoms. The van der Waals surface area contributed by atoms with Gasteiger partial charge in [-0.15, -0.1) is 0 Å². The van der Waals surface area contributed by atoms with E-state index in [-0.39, 0.29) is 11.3 Å². The van der Waals surface area contributed by atoms with Crippen molar-refractivity contribution in [3.05, 3.63) is 29.6 Å². The summed E-state index contributed by atoms with van der Waals surface area (Å²) < 4.78 is 57.6. The van der Waals surface area contributed by atoms with Crippen LogP contribution in [-0.4, -0.2) is 31.6 Å². The predicted molar refractivity (Wildman–Crippen MR) is 54.8 cm³/mol. The van der Waals surface area contributed by atoms with Crippen LogP contribution in [0.4, 0.5) is 17.6 Å². The number of rotatable bonds is 5. The number of aliphatic hydroxyl groups excluding tert-OH is 1. The summed E-state index contributed by atoms with van der Waals surface area (Å²) in [6.45, 7) is -2.07. The van der Waals surface area contributed by atoms with E-state index in [9.17, 15) is 22.7 Å². The van der Waals surface area contributed by atoms with E-state index in [1.807, 2.05) is 0 Å². The lowest BCUT2D eigenvalue weighted by Crippen LogP contribution is -2.20. The zero-order valence-electron chi connectivity index (χ0n) is 9.50. The van der Waals surface area contributed by atoms with Gasteiger partial charge in [-0.3, -0.25) is 0 Å². The van der Waals surface area contributed by atoms with Crippen LogP contribution in [0.5, 0.6) is 5.75 Å². The number of aliphatic hydroxyl groups is 1. The van der Waals surface area contributed by atoms with Gasteiger partial charge in [0.05, 0.1) is 13.7 Å². The first kappa shape index (κ1) is 14.7. The third-order valence-corrected chi connectivity index (χ3v) is 2.09. The Bertz CT molecular complexity index is 392. The molecule has 0 amide bonds. The zero-order chi connectivity index (χ0) is 13.8. The van der Waals surface area contributed by atoms with E-state index in [0.29, 0.717) is 0 Å². The number of halogens is 4. The van der Waals surface area contributed by atoms with Crippen LogP contribution in [0.1, 0.15) is 11.7 Å². The van der Waals surface area contributed by atoms with Crippen molar-refractivity contribution in [2.24, 2.45) is 0 Å². The maximum absolute atomic E-state index is 13.0. The molecule has 0 saturated carbocycles. The Labute approximate surface area is 101 Å². The van der Waals surface area contributed by atoms with Gasteiger partial charge in [0.25, 0.3) is 0 Å². The molecule has 1 rings (SSSR count). The second-order valence-corrected chi connectivity index (χ2v) is 3.53. The summed E-state index contributed by atoms with van der Waals surface area (Å²) in [7, 11) is 1.31. The highest BCUT2D eigenvalue weighted by atomic mass is 19.4. The number of methoxy groups -OCH3 is 1. The summed E-state index contributed by atoms with van der Waals surface area (Å²) in [4.78, 5) is 0. The van der Waals surface area contributed by atoms with E-state index >= 15 is 0 Å². The van der Waals surface area contributed by atoms with Crippen molar-refractivity contribution in [1.29, 1.82) is 0 Å². The molecule has 1 aromatic rings. The van der Waals surface area contributed by atoms with Crippen LogP contribution in [0.2, 0.25) is 0 Å². The van der Waals surface area contributed by atoms with Crippen molar-refractivity contribution in [3.8, 4) is 5.75 Å². The van der Waals surface area contributed by atoms with Gasteiger partial charge in [-0.1, -0.05) is 0 Å². The Morgan fingerprint density at radius 3 is 2.56 bits per heavy atom. The predicted octanol–water partition coefficient (Wildman–Crippen LogP) is 2.45. The summed E-state index contributed by atoms with van der Waals surface area (Å²) >= 11 is 0. The maximum atomic E-state index is 13.0. The molecule has 0 saturated heterocycles. The quantitative estimate of drug-likeness (QED) is 0.834. The molecule has 0 fully saturated rings. The van der Waals surface area contributed by atoms with E-state index < -0.39 is 31.3 Å². The van der Waals surface area contributed by atoms with Crippen LogP contribution in [0.3, 0.4) is 0 Å². The van der Waals surface area contributed by atoms with Crippen LogP contribution >= 0.6 is 0 Å². The molecule has 1 aromatic carbocycles. The fourth-order valence-corrected chi connectivity index (χ4v) is 1.34. The molecule has 7 heteroatoms. The van der Waals surface area contributed by atoms with Crippen LogP contribution < -0.4 is 4.74 Å². The molecule has 18 heavy (non-hydrogen) atoms. The van der Waals surface area contributed by atoms with E-state index in [1.54, 1.807) is 0 Å². The Morgan fingerprint density at radius 1 is 1.33 bits per heavy atom. The SMILES string of the molecule is COc1ccc(F)cc1C(O)COCC(F)(F)F. The Balaban J connectivity index is 2.66. The molecule has 0 radical (unpaired) electrons. The molecular weight excluding hydrogens is 256 g/mol. The monoisotopic (exact) mass is 268 g/mol. The van der Waals surface area contributed by atoms with Gasteiger partial charge in [-0.25, -0.2) is 4.39 Å². The van der Waals surface area contributed by atoms with Gasteiger partial charge in [0.15, 0.2) is 0 Å². The third kappa shape index (κ3) is 4.50. The number of hydrogen-bond donors (Lipinski definition) is 1. The fraction of sp³-hybridized carbons (Fsp3) is 0.455. The number of benzene rings is 1. The van der Waals surface area contributed by atoms with E-state index in [4.69, 9.17) is 4.74 Å². The molecule has 1 atom stereocenters. The summed E-state index contributed by atoms with van der Waals surface area (Å²) in [5, 5.41) is 9.61. The molecular formula is C11H12F4O3. The number of hydrogen-bond acceptors (Lipinski definition) is 3. The number of alkyl halides is 3. The molecule has 0 aliphatic heterocycles. The van der Waals surface area contributed by atoms with Crippen molar-refractivity contribution in [2.75, 3.05) is 20.3 Å². The van der Waals surface area contributed by atoms with Crippen LogP contribution in [0.25, 0.3) is 0 Å². The van der Waals surface area contributed by atoms with Gasteiger partial charge in [0, 0.05) is 5.56 Å². The smallest absolute Gasteiger partial charge is 0.411 e. The average molecular weight is 268 g/mol. The molecule has 0 heterocycles. The first-order valence-electron chi connectivity index (χ1n) is 4.99. The van der Waals surface area contributed by atoms with E-state index in [1.165, 1.54) is 13.2 Å². The molecule has 0 aromatic heterocycles. The molecule has 0 aliphatic rings. The Hall–Kier alpha value is -1.34. The zero-order valence-corrected chi connectivity index (χ0v) is 9.50. The van der Waals surface area contributed by atoms with Crippen molar-refractivity contribution in [1.82, 2.24) is 0 Å². The largest absolute Gasteiger partial charge is 0.496 e.